The number of carbonyl (C=O) groups is 1. The fourth-order valence-corrected chi connectivity index (χ4v) is 3.27. The molecular weight excluding hydrogens is 284 g/mol. The molecule has 1 aliphatic rings. The molecule has 112 valence electrons. The number of fused-ring (bicyclic) bond motifs is 1. The van der Waals surface area contributed by atoms with E-state index in [4.69, 9.17) is 5.73 Å². The average Bonchev–Trinajstić information content (AvgIpc) is 3.05. The third-order valence-electron chi connectivity index (χ3n) is 3.88. The average molecular weight is 304 g/mol. The zero-order valence-electron chi connectivity index (χ0n) is 12.2. The van der Waals surface area contributed by atoms with Crippen LogP contribution in [-0.2, 0) is 17.1 Å². The van der Waals surface area contributed by atoms with Gasteiger partial charge in [0.2, 0.25) is 5.91 Å². The lowest BCUT2D eigenvalue weighted by molar-refractivity contribution is -0.130. The summed E-state index contributed by atoms with van der Waals surface area (Å²) in [5.41, 5.74) is 7.87. The van der Waals surface area contributed by atoms with Crippen LogP contribution in [0.5, 0.6) is 0 Å². The predicted octanol–water partition coefficient (Wildman–Crippen LogP) is 1.46. The number of hydrogen-bond acceptors (Lipinski definition) is 4. The second-order valence-corrected chi connectivity index (χ2v) is 6.29. The largest absolute Gasteiger partial charge is 0.340 e. The molecule has 21 heavy (non-hydrogen) atoms. The number of rotatable bonds is 4. The lowest BCUT2D eigenvalue weighted by Crippen LogP contribution is -2.34. The van der Waals surface area contributed by atoms with Gasteiger partial charge >= 0.3 is 0 Å². The van der Waals surface area contributed by atoms with E-state index in [-0.39, 0.29) is 11.9 Å². The third kappa shape index (κ3) is 2.91. The van der Waals surface area contributed by atoms with Gasteiger partial charge in [0, 0.05) is 19.1 Å². The van der Waals surface area contributed by atoms with Crippen molar-refractivity contribution in [3.05, 3.63) is 30.1 Å². The number of nitrogens with zero attached hydrogens (tertiary/aromatic N) is 3. The first-order valence-electron chi connectivity index (χ1n) is 7.15. The zero-order chi connectivity index (χ0) is 14.8. The number of imidazole rings is 1. The van der Waals surface area contributed by atoms with Crippen LogP contribution in [0.4, 0.5) is 0 Å². The highest BCUT2D eigenvalue weighted by Gasteiger charge is 2.24. The van der Waals surface area contributed by atoms with Gasteiger partial charge in [-0.1, -0.05) is 12.1 Å². The van der Waals surface area contributed by atoms with E-state index in [1.807, 2.05) is 40.0 Å². The molecule has 1 saturated heterocycles. The molecule has 1 aliphatic heterocycles. The Kier molecular flexibility index (Phi) is 4.17. The fraction of sp³-hybridized carbons (Fsp3) is 0.467. The van der Waals surface area contributed by atoms with Gasteiger partial charge in [-0.25, -0.2) is 4.98 Å². The Morgan fingerprint density at radius 2 is 2.29 bits per heavy atom. The lowest BCUT2D eigenvalue weighted by atomic mass is 10.3. The minimum absolute atomic E-state index is 0.124. The van der Waals surface area contributed by atoms with Crippen LogP contribution in [0.15, 0.2) is 24.3 Å². The van der Waals surface area contributed by atoms with Gasteiger partial charge < -0.3 is 15.2 Å². The van der Waals surface area contributed by atoms with Gasteiger partial charge in [0.1, 0.15) is 12.4 Å². The molecule has 1 aromatic heterocycles. The van der Waals surface area contributed by atoms with E-state index in [2.05, 4.69) is 4.98 Å². The summed E-state index contributed by atoms with van der Waals surface area (Å²) < 4.78 is 2.04. The van der Waals surface area contributed by atoms with E-state index in [0.717, 1.165) is 35.6 Å². The predicted molar refractivity (Wildman–Crippen MR) is 86.1 cm³/mol. The maximum absolute atomic E-state index is 12.5. The fourth-order valence-electron chi connectivity index (χ4n) is 2.79. The second-order valence-electron chi connectivity index (χ2n) is 5.42. The van der Waals surface area contributed by atoms with Crippen molar-refractivity contribution >= 4 is 28.7 Å². The maximum Gasteiger partial charge on any atom is 0.242 e. The molecule has 1 amide bonds. The van der Waals surface area contributed by atoms with Gasteiger partial charge in [-0.3, -0.25) is 4.79 Å². The molecular formula is C15H20N4OS. The summed E-state index contributed by atoms with van der Waals surface area (Å²) in [6.07, 6.45) is 2.94. The number of likely N-dealkylation sites (tertiary alicyclic amines) is 1. The van der Waals surface area contributed by atoms with Crippen molar-refractivity contribution in [2.75, 3.05) is 19.3 Å². The highest BCUT2D eigenvalue weighted by molar-refractivity contribution is 7.97. The summed E-state index contributed by atoms with van der Waals surface area (Å²) in [7, 11) is 0. The highest BCUT2D eigenvalue weighted by Crippen LogP contribution is 2.19. The number of nitrogens with two attached hydrogens (primary N) is 1. The summed E-state index contributed by atoms with van der Waals surface area (Å²) in [5, 5.41) is 0. The number of hydrogen-bond donors (Lipinski definition) is 1. The summed E-state index contributed by atoms with van der Waals surface area (Å²) in [6.45, 7) is 1.79. The summed E-state index contributed by atoms with van der Waals surface area (Å²) in [5.74, 6) is 1.90. The minimum atomic E-state index is 0.124. The van der Waals surface area contributed by atoms with Crippen molar-refractivity contribution in [2.45, 2.75) is 24.8 Å². The van der Waals surface area contributed by atoms with Crippen LogP contribution in [0, 0.1) is 0 Å². The van der Waals surface area contributed by atoms with E-state index >= 15 is 0 Å². The zero-order valence-corrected chi connectivity index (χ0v) is 13.0. The second kappa shape index (κ2) is 6.07. The first kappa shape index (κ1) is 14.4. The van der Waals surface area contributed by atoms with Crippen LogP contribution in [0.2, 0.25) is 0 Å². The Labute approximate surface area is 128 Å². The molecule has 0 saturated carbocycles. The SMILES string of the molecule is CSCc1nc2ccccc2n1CC(=O)N1CC[C@@H](N)C1. The molecule has 0 bridgehead atoms. The van der Waals surface area contributed by atoms with Crippen molar-refractivity contribution in [1.29, 1.82) is 0 Å². The van der Waals surface area contributed by atoms with E-state index < -0.39 is 0 Å². The summed E-state index contributed by atoms with van der Waals surface area (Å²) >= 11 is 1.72. The molecule has 2 aromatic rings. The van der Waals surface area contributed by atoms with Crippen LogP contribution in [-0.4, -0.2) is 45.7 Å². The Morgan fingerprint density at radius 1 is 1.48 bits per heavy atom. The first-order chi connectivity index (χ1) is 10.2. The third-order valence-corrected chi connectivity index (χ3v) is 4.42. The van der Waals surface area contributed by atoms with Gasteiger partial charge in [0.05, 0.1) is 16.8 Å². The molecule has 0 unspecified atom stereocenters. The Balaban J connectivity index is 1.88. The molecule has 2 heterocycles. The molecule has 2 N–H and O–H groups in total. The van der Waals surface area contributed by atoms with Crippen molar-refractivity contribution < 1.29 is 4.79 Å². The van der Waals surface area contributed by atoms with Gasteiger partial charge in [-0.15, -0.1) is 0 Å². The van der Waals surface area contributed by atoms with E-state index in [1.165, 1.54) is 0 Å². The first-order valence-corrected chi connectivity index (χ1v) is 8.55. The van der Waals surface area contributed by atoms with Gasteiger partial charge in [-0.05, 0) is 24.8 Å². The van der Waals surface area contributed by atoms with Crippen molar-refractivity contribution in [2.24, 2.45) is 5.73 Å². The number of benzene rings is 1. The van der Waals surface area contributed by atoms with E-state index in [9.17, 15) is 4.79 Å². The minimum Gasteiger partial charge on any atom is -0.340 e. The van der Waals surface area contributed by atoms with Gasteiger partial charge in [0.25, 0.3) is 0 Å². The number of para-hydroxylation sites is 2. The van der Waals surface area contributed by atoms with Crippen LogP contribution < -0.4 is 5.73 Å². The molecule has 1 atom stereocenters. The Bertz CT molecular complexity index is 654. The molecule has 1 fully saturated rings. The Morgan fingerprint density at radius 3 is 3.00 bits per heavy atom. The smallest absolute Gasteiger partial charge is 0.242 e. The summed E-state index contributed by atoms with van der Waals surface area (Å²) in [4.78, 5) is 19.0. The number of thioether (sulfide) groups is 1. The molecule has 0 radical (unpaired) electrons. The van der Waals surface area contributed by atoms with Crippen LogP contribution in [0.3, 0.4) is 0 Å². The topological polar surface area (TPSA) is 64.2 Å². The molecule has 1 aromatic carbocycles. The van der Waals surface area contributed by atoms with Crippen LogP contribution >= 0.6 is 11.8 Å². The molecule has 6 heteroatoms. The molecule has 3 rings (SSSR count). The van der Waals surface area contributed by atoms with Crippen molar-refractivity contribution in [3.8, 4) is 0 Å². The normalized spacial score (nSPS) is 18.6. The van der Waals surface area contributed by atoms with Crippen molar-refractivity contribution in [3.63, 3.8) is 0 Å². The van der Waals surface area contributed by atoms with Crippen LogP contribution in [0.25, 0.3) is 11.0 Å². The van der Waals surface area contributed by atoms with E-state index in [1.54, 1.807) is 11.8 Å². The van der Waals surface area contributed by atoms with Crippen molar-refractivity contribution in [1.82, 2.24) is 14.5 Å². The van der Waals surface area contributed by atoms with E-state index in [0.29, 0.717) is 13.1 Å². The lowest BCUT2D eigenvalue weighted by Gasteiger charge is -2.17. The van der Waals surface area contributed by atoms with Gasteiger partial charge in [0.15, 0.2) is 0 Å². The quantitative estimate of drug-likeness (QED) is 0.929. The van der Waals surface area contributed by atoms with Gasteiger partial charge in [-0.2, -0.15) is 11.8 Å². The Hall–Kier alpha value is -1.53. The van der Waals surface area contributed by atoms with Crippen LogP contribution in [0.1, 0.15) is 12.2 Å². The highest BCUT2D eigenvalue weighted by atomic mass is 32.2. The number of amides is 1. The monoisotopic (exact) mass is 304 g/mol. The molecule has 5 nitrogen and oxygen atoms in total. The number of aromatic nitrogens is 2. The standard InChI is InChI=1S/C15H20N4OS/c1-21-10-14-17-12-4-2-3-5-13(12)19(14)9-15(20)18-7-6-11(16)8-18/h2-5,11H,6-10,16H2,1H3/t11-/m1/s1. The molecule has 0 aliphatic carbocycles. The maximum atomic E-state index is 12.5. The summed E-state index contributed by atoms with van der Waals surface area (Å²) in [6, 6.07) is 8.10. The molecule has 0 spiro atoms. The number of carbonyl (C=O) groups excluding carboxylic acids is 1.